The first-order valence-electron chi connectivity index (χ1n) is 3.87. The van der Waals surface area contributed by atoms with Crippen LogP contribution >= 0.6 is 0 Å². The number of nitrogens with zero attached hydrogens (tertiary/aromatic N) is 2. The molecule has 0 fully saturated rings. The van der Waals surface area contributed by atoms with E-state index < -0.39 is 0 Å². The van der Waals surface area contributed by atoms with Crippen molar-refractivity contribution in [2.75, 3.05) is 6.54 Å². The Kier molecular flexibility index (Phi) is 2.29. The summed E-state index contributed by atoms with van der Waals surface area (Å²) >= 11 is 0. The number of imidazole rings is 1. The number of rotatable bonds is 2. The molecule has 62 valence electrons. The first kappa shape index (κ1) is 8.27. The van der Waals surface area contributed by atoms with Crippen LogP contribution < -0.4 is 5.73 Å². The summed E-state index contributed by atoms with van der Waals surface area (Å²) in [5, 5.41) is 0. The molecule has 0 radical (unpaired) electrons. The Balaban J connectivity index is 3.02. The van der Waals surface area contributed by atoms with Gasteiger partial charge in [0.2, 0.25) is 0 Å². The molecular formula is C8H15N3. The maximum absolute atomic E-state index is 5.46. The summed E-state index contributed by atoms with van der Waals surface area (Å²) < 4.78 is 2.15. The lowest BCUT2D eigenvalue weighted by Crippen LogP contribution is -2.12. The standard InChI is InChI=1S/C8H15N3/c1-6-7(2)11(5-4-9)8(3)10-6/h4-5,9H2,1-3H3. The minimum atomic E-state index is 0.678. The quantitative estimate of drug-likeness (QED) is 0.682. The second-order valence-electron chi connectivity index (χ2n) is 2.77. The van der Waals surface area contributed by atoms with Crippen LogP contribution in [0.25, 0.3) is 0 Å². The van der Waals surface area contributed by atoms with Gasteiger partial charge in [-0.1, -0.05) is 0 Å². The van der Waals surface area contributed by atoms with Crippen LogP contribution in [0.5, 0.6) is 0 Å². The first-order valence-corrected chi connectivity index (χ1v) is 3.87. The Bertz CT molecular complexity index is 250. The lowest BCUT2D eigenvalue weighted by Gasteiger charge is -2.04. The van der Waals surface area contributed by atoms with E-state index in [2.05, 4.69) is 16.5 Å². The maximum atomic E-state index is 5.46. The number of nitrogens with two attached hydrogens (primary N) is 1. The predicted molar refractivity (Wildman–Crippen MR) is 45.5 cm³/mol. The third-order valence-electron chi connectivity index (χ3n) is 2.00. The van der Waals surface area contributed by atoms with E-state index in [-0.39, 0.29) is 0 Å². The molecule has 0 saturated heterocycles. The molecule has 1 aromatic heterocycles. The van der Waals surface area contributed by atoms with Crippen molar-refractivity contribution in [3.63, 3.8) is 0 Å². The molecule has 3 nitrogen and oxygen atoms in total. The van der Waals surface area contributed by atoms with Crippen LogP contribution in [0.2, 0.25) is 0 Å². The average molecular weight is 153 g/mol. The number of hydrogen-bond acceptors (Lipinski definition) is 2. The Morgan fingerprint density at radius 3 is 2.36 bits per heavy atom. The van der Waals surface area contributed by atoms with Crippen LogP contribution in [-0.4, -0.2) is 16.1 Å². The topological polar surface area (TPSA) is 43.8 Å². The fraction of sp³-hybridized carbons (Fsp3) is 0.625. The Morgan fingerprint density at radius 2 is 2.00 bits per heavy atom. The molecule has 0 saturated carbocycles. The molecule has 1 heterocycles. The van der Waals surface area contributed by atoms with Gasteiger partial charge in [0.15, 0.2) is 0 Å². The Morgan fingerprint density at radius 1 is 1.36 bits per heavy atom. The van der Waals surface area contributed by atoms with Crippen LogP contribution in [-0.2, 0) is 6.54 Å². The molecule has 0 aliphatic carbocycles. The highest BCUT2D eigenvalue weighted by molar-refractivity contribution is 5.13. The van der Waals surface area contributed by atoms with Gasteiger partial charge in [-0.05, 0) is 20.8 Å². The van der Waals surface area contributed by atoms with Crippen molar-refractivity contribution in [2.45, 2.75) is 27.3 Å². The zero-order chi connectivity index (χ0) is 8.43. The molecule has 3 heteroatoms. The molecule has 0 bridgehead atoms. The largest absolute Gasteiger partial charge is 0.331 e. The number of hydrogen-bond donors (Lipinski definition) is 1. The van der Waals surface area contributed by atoms with E-state index in [9.17, 15) is 0 Å². The molecule has 0 unspecified atom stereocenters. The van der Waals surface area contributed by atoms with E-state index >= 15 is 0 Å². The third-order valence-corrected chi connectivity index (χ3v) is 2.00. The van der Waals surface area contributed by atoms with E-state index in [1.807, 2.05) is 13.8 Å². The van der Waals surface area contributed by atoms with Crippen LogP contribution in [0, 0.1) is 20.8 Å². The van der Waals surface area contributed by atoms with Crippen LogP contribution in [0.1, 0.15) is 17.2 Å². The summed E-state index contributed by atoms with van der Waals surface area (Å²) in [6.07, 6.45) is 0. The van der Waals surface area contributed by atoms with Crippen molar-refractivity contribution in [1.29, 1.82) is 0 Å². The van der Waals surface area contributed by atoms with E-state index in [1.165, 1.54) is 5.69 Å². The lowest BCUT2D eigenvalue weighted by molar-refractivity contribution is 0.666. The summed E-state index contributed by atoms with van der Waals surface area (Å²) in [5.74, 6) is 1.06. The fourth-order valence-corrected chi connectivity index (χ4v) is 1.28. The van der Waals surface area contributed by atoms with Crippen molar-refractivity contribution >= 4 is 0 Å². The van der Waals surface area contributed by atoms with Gasteiger partial charge in [-0.15, -0.1) is 0 Å². The fourth-order valence-electron chi connectivity index (χ4n) is 1.28. The highest BCUT2D eigenvalue weighted by Gasteiger charge is 2.04. The maximum Gasteiger partial charge on any atom is 0.106 e. The van der Waals surface area contributed by atoms with Gasteiger partial charge in [-0.2, -0.15) is 0 Å². The molecule has 0 amide bonds. The van der Waals surface area contributed by atoms with E-state index in [1.54, 1.807) is 0 Å². The van der Waals surface area contributed by atoms with E-state index in [0.29, 0.717) is 6.54 Å². The van der Waals surface area contributed by atoms with Crippen molar-refractivity contribution < 1.29 is 0 Å². The highest BCUT2D eigenvalue weighted by Crippen LogP contribution is 2.07. The van der Waals surface area contributed by atoms with Gasteiger partial charge in [-0.25, -0.2) is 4.98 Å². The van der Waals surface area contributed by atoms with Gasteiger partial charge < -0.3 is 10.3 Å². The van der Waals surface area contributed by atoms with Gasteiger partial charge in [0.25, 0.3) is 0 Å². The Labute approximate surface area is 67.2 Å². The predicted octanol–water partition coefficient (Wildman–Crippen LogP) is 0.767. The SMILES string of the molecule is Cc1nc(C)n(CCN)c1C. The van der Waals surface area contributed by atoms with Crippen LogP contribution in [0.4, 0.5) is 0 Å². The third kappa shape index (κ3) is 1.43. The molecule has 2 N–H and O–H groups in total. The molecule has 1 aromatic rings. The zero-order valence-corrected chi connectivity index (χ0v) is 7.39. The van der Waals surface area contributed by atoms with Crippen molar-refractivity contribution in [3.8, 4) is 0 Å². The van der Waals surface area contributed by atoms with Crippen molar-refractivity contribution in [2.24, 2.45) is 5.73 Å². The van der Waals surface area contributed by atoms with Gasteiger partial charge in [0, 0.05) is 18.8 Å². The average Bonchev–Trinajstić information content (AvgIpc) is 2.17. The van der Waals surface area contributed by atoms with Gasteiger partial charge >= 0.3 is 0 Å². The lowest BCUT2D eigenvalue weighted by atomic mass is 10.4. The minimum Gasteiger partial charge on any atom is -0.331 e. The number of aromatic nitrogens is 2. The summed E-state index contributed by atoms with van der Waals surface area (Å²) in [6, 6.07) is 0. The number of aryl methyl sites for hydroxylation is 2. The molecule has 0 aliphatic rings. The van der Waals surface area contributed by atoms with Gasteiger partial charge in [-0.3, -0.25) is 0 Å². The summed E-state index contributed by atoms with van der Waals surface area (Å²) in [6.45, 7) is 7.66. The second-order valence-corrected chi connectivity index (χ2v) is 2.77. The molecule has 11 heavy (non-hydrogen) atoms. The molecule has 0 spiro atoms. The zero-order valence-electron chi connectivity index (χ0n) is 7.39. The smallest absolute Gasteiger partial charge is 0.106 e. The van der Waals surface area contributed by atoms with Crippen molar-refractivity contribution in [1.82, 2.24) is 9.55 Å². The monoisotopic (exact) mass is 153 g/mol. The summed E-state index contributed by atoms with van der Waals surface area (Å²) in [4.78, 5) is 4.34. The first-order chi connectivity index (χ1) is 5.16. The Hall–Kier alpha value is -0.830. The molecular weight excluding hydrogens is 138 g/mol. The minimum absolute atomic E-state index is 0.678. The molecule has 0 atom stereocenters. The van der Waals surface area contributed by atoms with Gasteiger partial charge in [0.05, 0.1) is 5.69 Å². The summed E-state index contributed by atoms with van der Waals surface area (Å²) in [5.41, 5.74) is 7.80. The normalized spacial score (nSPS) is 10.5. The van der Waals surface area contributed by atoms with Crippen LogP contribution in [0.3, 0.4) is 0 Å². The van der Waals surface area contributed by atoms with Gasteiger partial charge in [0.1, 0.15) is 5.82 Å². The van der Waals surface area contributed by atoms with Crippen molar-refractivity contribution in [3.05, 3.63) is 17.2 Å². The molecule has 0 aromatic carbocycles. The molecule has 0 aliphatic heterocycles. The van der Waals surface area contributed by atoms with E-state index in [0.717, 1.165) is 18.1 Å². The highest BCUT2D eigenvalue weighted by atomic mass is 15.1. The summed E-state index contributed by atoms with van der Waals surface area (Å²) in [7, 11) is 0. The van der Waals surface area contributed by atoms with Crippen LogP contribution in [0.15, 0.2) is 0 Å². The second kappa shape index (κ2) is 3.05. The molecule has 1 rings (SSSR count). The van der Waals surface area contributed by atoms with E-state index in [4.69, 9.17) is 5.73 Å².